The van der Waals surface area contributed by atoms with Crippen molar-refractivity contribution in [2.45, 2.75) is 12.1 Å². The number of piperazine rings is 1. The summed E-state index contributed by atoms with van der Waals surface area (Å²) in [5.74, 6) is -1.08. The van der Waals surface area contributed by atoms with Gasteiger partial charge in [0, 0.05) is 17.6 Å². The first-order valence-electron chi connectivity index (χ1n) is 8.89. The second-order valence-corrected chi connectivity index (χ2v) is 7.71. The third kappa shape index (κ3) is 3.29. The molecule has 2 atom stereocenters. The van der Waals surface area contributed by atoms with Crippen LogP contribution >= 0.6 is 15.9 Å². The molecule has 2 aliphatic rings. The molecular weight excluding hydrogens is 426 g/mol. The van der Waals surface area contributed by atoms with Gasteiger partial charge in [0.15, 0.2) is 6.10 Å². The number of nitrogens with one attached hydrogen (secondary N) is 1. The summed E-state index contributed by atoms with van der Waals surface area (Å²) in [7, 11) is 0. The van der Waals surface area contributed by atoms with Crippen LogP contribution in [0.4, 0.5) is 5.69 Å². The van der Waals surface area contributed by atoms with Crippen LogP contribution in [0.3, 0.4) is 0 Å². The monoisotopic (exact) mass is 443 g/mol. The zero-order valence-corrected chi connectivity index (χ0v) is 16.4. The lowest BCUT2D eigenvalue weighted by molar-refractivity contribution is -0.144. The van der Waals surface area contributed by atoms with Crippen LogP contribution < -0.4 is 5.32 Å². The van der Waals surface area contributed by atoms with Crippen LogP contribution in [0.2, 0.25) is 0 Å². The molecule has 7 nitrogen and oxygen atoms in total. The van der Waals surface area contributed by atoms with E-state index in [1.165, 1.54) is 9.80 Å². The molecule has 0 aliphatic carbocycles. The molecule has 144 valence electrons. The van der Waals surface area contributed by atoms with E-state index in [1.807, 2.05) is 0 Å². The lowest BCUT2D eigenvalue weighted by Gasteiger charge is -2.40. The molecule has 1 saturated heterocycles. The minimum absolute atomic E-state index is 0.0372. The first-order chi connectivity index (χ1) is 13.5. The number of aliphatic hydroxyl groups excluding tert-OH is 1. The molecule has 0 spiro atoms. The minimum atomic E-state index is -1.30. The Morgan fingerprint density at radius 1 is 1.14 bits per heavy atom. The molecule has 2 aliphatic heterocycles. The van der Waals surface area contributed by atoms with E-state index in [0.29, 0.717) is 16.8 Å². The van der Waals surface area contributed by atoms with E-state index in [-0.39, 0.29) is 31.4 Å². The Hall–Kier alpha value is -2.71. The standard InChI is InChI=1S/C20H18BrN3O4/c21-13-6-7-15-14(10-13)19(27)24-9-8-23(11-16(24)18(26)22-15)20(28)17(25)12-4-2-1-3-5-12/h1-7,10,16-17,25H,8-9,11H2,(H,22,26)/t16-,17+/m1/s1. The third-order valence-corrected chi connectivity index (χ3v) is 5.57. The van der Waals surface area contributed by atoms with Crippen LogP contribution in [0.5, 0.6) is 0 Å². The molecule has 0 radical (unpaired) electrons. The normalized spacial score (nSPS) is 20.0. The molecule has 0 saturated carbocycles. The van der Waals surface area contributed by atoms with Gasteiger partial charge in [-0.25, -0.2) is 0 Å². The number of anilines is 1. The second kappa shape index (κ2) is 7.37. The summed E-state index contributed by atoms with van der Waals surface area (Å²) in [6.07, 6.45) is -1.30. The van der Waals surface area contributed by atoms with Crippen molar-refractivity contribution in [3.8, 4) is 0 Å². The van der Waals surface area contributed by atoms with Gasteiger partial charge in [-0.3, -0.25) is 14.4 Å². The van der Waals surface area contributed by atoms with Gasteiger partial charge in [-0.15, -0.1) is 0 Å². The van der Waals surface area contributed by atoms with Crippen molar-refractivity contribution in [1.82, 2.24) is 9.80 Å². The van der Waals surface area contributed by atoms with Gasteiger partial charge in [0.05, 0.1) is 17.8 Å². The van der Waals surface area contributed by atoms with E-state index >= 15 is 0 Å². The molecule has 4 rings (SSSR count). The first kappa shape index (κ1) is 18.6. The highest BCUT2D eigenvalue weighted by Crippen LogP contribution is 2.28. The van der Waals surface area contributed by atoms with Crippen molar-refractivity contribution >= 4 is 39.3 Å². The van der Waals surface area contributed by atoms with E-state index in [4.69, 9.17) is 0 Å². The van der Waals surface area contributed by atoms with Crippen LogP contribution in [0.25, 0.3) is 0 Å². The zero-order chi connectivity index (χ0) is 19.8. The summed E-state index contributed by atoms with van der Waals surface area (Å²) in [4.78, 5) is 41.4. The highest BCUT2D eigenvalue weighted by atomic mass is 79.9. The molecule has 0 aromatic heterocycles. The topological polar surface area (TPSA) is 90.0 Å². The van der Waals surface area contributed by atoms with Gasteiger partial charge in [-0.1, -0.05) is 46.3 Å². The molecule has 2 aromatic rings. The Balaban J connectivity index is 1.57. The van der Waals surface area contributed by atoms with Crippen LogP contribution in [-0.2, 0) is 9.59 Å². The van der Waals surface area contributed by atoms with Crippen LogP contribution in [0.1, 0.15) is 22.0 Å². The number of aliphatic hydroxyl groups is 1. The number of rotatable bonds is 2. The predicted octanol–water partition coefficient (Wildman–Crippen LogP) is 1.79. The maximum atomic E-state index is 13.0. The Labute approximate surface area is 170 Å². The van der Waals surface area contributed by atoms with Crippen molar-refractivity contribution in [3.63, 3.8) is 0 Å². The third-order valence-electron chi connectivity index (χ3n) is 5.07. The SMILES string of the molecule is O=C1Nc2ccc(Br)cc2C(=O)N2CCN(C(=O)[C@@H](O)c3ccccc3)C[C@H]12. The molecule has 2 aromatic carbocycles. The van der Waals surface area contributed by atoms with Crippen molar-refractivity contribution in [2.24, 2.45) is 0 Å². The van der Waals surface area contributed by atoms with Gasteiger partial charge in [0.25, 0.3) is 11.8 Å². The summed E-state index contributed by atoms with van der Waals surface area (Å²) >= 11 is 3.35. The fourth-order valence-electron chi connectivity index (χ4n) is 3.57. The van der Waals surface area contributed by atoms with Crippen molar-refractivity contribution < 1.29 is 19.5 Å². The summed E-state index contributed by atoms with van der Waals surface area (Å²) in [6, 6.07) is 12.9. The van der Waals surface area contributed by atoms with Crippen LogP contribution in [0, 0.1) is 0 Å². The van der Waals surface area contributed by atoms with Gasteiger partial charge in [-0.2, -0.15) is 0 Å². The predicted molar refractivity (Wildman–Crippen MR) is 106 cm³/mol. The Bertz CT molecular complexity index is 950. The number of nitrogens with zero attached hydrogens (tertiary/aromatic N) is 2. The smallest absolute Gasteiger partial charge is 0.256 e. The number of halogens is 1. The molecule has 3 amide bonds. The Morgan fingerprint density at radius 3 is 2.64 bits per heavy atom. The second-order valence-electron chi connectivity index (χ2n) is 6.79. The molecule has 28 heavy (non-hydrogen) atoms. The summed E-state index contributed by atoms with van der Waals surface area (Å²) in [5, 5.41) is 13.2. The van der Waals surface area contributed by atoms with Crippen LogP contribution in [-0.4, -0.2) is 58.3 Å². The van der Waals surface area contributed by atoms with E-state index in [9.17, 15) is 19.5 Å². The van der Waals surface area contributed by atoms with E-state index < -0.39 is 18.1 Å². The lowest BCUT2D eigenvalue weighted by atomic mass is 10.1. The maximum Gasteiger partial charge on any atom is 0.256 e. The average Bonchev–Trinajstić information content (AvgIpc) is 2.82. The van der Waals surface area contributed by atoms with Crippen molar-refractivity contribution in [1.29, 1.82) is 0 Å². The highest BCUT2D eigenvalue weighted by Gasteiger charge is 2.41. The van der Waals surface area contributed by atoms with E-state index in [2.05, 4.69) is 21.2 Å². The number of hydrogen-bond acceptors (Lipinski definition) is 4. The number of fused-ring (bicyclic) bond motifs is 2. The summed E-state index contributed by atoms with van der Waals surface area (Å²) in [6.45, 7) is 0.507. The zero-order valence-electron chi connectivity index (χ0n) is 14.8. The molecular formula is C20H18BrN3O4. The van der Waals surface area contributed by atoms with Gasteiger partial charge in [0.2, 0.25) is 5.91 Å². The fraction of sp³-hybridized carbons (Fsp3) is 0.250. The summed E-state index contributed by atoms with van der Waals surface area (Å²) < 4.78 is 0.743. The minimum Gasteiger partial charge on any atom is -0.378 e. The molecule has 8 heteroatoms. The van der Waals surface area contributed by atoms with Crippen molar-refractivity contribution in [2.75, 3.05) is 25.0 Å². The lowest BCUT2D eigenvalue weighted by Crippen LogP contribution is -2.60. The maximum absolute atomic E-state index is 13.0. The number of amides is 3. The van der Waals surface area contributed by atoms with E-state index in [1.54, 1.807) is 48.5 Å². The number of hydrogen-bond donors (Lipinski definition) is 2. The largest absolute Gasteiger partial charge is 0.378 e. The molecule has 1 fully saturated rings. The highest BCUT2D eigenvalue weighted by molar-refractivity contribution is 9.10. The average molecular weight is 444 g/mol. The number of benzene rings is 2. The summed E-state index contributed by atoms with van der Waals surface area (Å²) in [5.41, 5.74) is 1.36. The van der Waals surface area contributed by atoms with Crippen molar-refractivity contribution in [3.05, 3.63) is 64.1 Å². The van der Waals surface area contributed by atoms with Gasteiger partial charge < -0.3 is 20.2 Å². The number of carbonyl (C=O) groups is 3. The van der Waals surface area contributed by atoms with Crippen LogP contribution in [0.15, 0.2) is 53.0 Å². The van der Waals surface area contributed by atoms with Gasteiger partial charge >= 0.3 is 0 Å². The number of carbonyl (C=O) groups excluding carboxylic acids is 3. The Morgan fingerprint density at radius 2 is 1.89 bits per heavy atom. The quantitative estimate of drug-likeness (QED) is 0.740. The molecule has 2 heterocycles. The molecule has 0 bridgehead atoms. The fourth-order valence-corrected chi connectivity index (χ4v) is 3.94. The first-order valence-corrected chi connectivity index (χ1v) is 9.68. The molecule has 0 unspecified atom stereocenters. The van der Waals surface area contributed by atoms with Gasteiger partial charge in [-0.05, 0) is 23.8 Å². The Kier molecular flexibility index (Phi) is 4.91. The van der Waals surface area contributed by atoms with E-state index in [0.717, 1.165) is 4.47 Å². The van der Waals surface area contributed by atoms with Gasteiger partial charge in [0.1, 0.15) is 6.04 Å². The molecule has 2 N–H and O–H groups in total.